The highest BCUT2D eigenvalue weighted by molar-refractivity contribution is 7.99. The molecule has 1 saturated carbocycles. The van der Waals surface area contributed by atoms with Gasteiger partial charge in [0.2, 0.25) is 0 Å². The second-order valence-corrected chi connectivity index (χ2v) is 5.45. The maximum Gasteiger partial charge on any atom is 0.0621 e. The van der Waals surface area contributed by atoms with Crippen LogP contribution in [-0.2, 0) is 0 Å². The summed E-state index contributed by atoms with van der Waals surface area (Å²) < 4.78 is 0. The monoisotopic (exact) mass is 226 g/mol. The molecule has 2 atom stereocenters. The van der Waals surface area contributed by atoms with Crippen molar-refractivity contribution >= 4 is 11.8 Å². The number of unbranched alkanes of at least 4 members (excludes halogenated alkanes) is 2. The average molecular weight is 226 g/mol. The molecule has 0 heterocycles. The van der Waals surface area contributed by atoms with Crippen molar-refractivity contribution in [1.82, 2.24) is 4.90 Å². The van der Waals surface area contributed by atoms with Crippen LogP contribution in [-0.4, -0.2) is 36.0 Å². The van der Waals surface area contributed by atoms with E-state index in [2.05, 4.69) is 24.3 Å². The smallest absolute Gasteiger partial charge is 0.0621 e. The van der Waals surface area contributed by atoms with Crippen LogP contribution in [0.2, 0.25) is 0 Å². The topological polar surface area (TPSA) is 27.0 Å². The Balaban J connectivity index is 2.21. The molecule has 0 bridgehead atoms. The zero-order valence-corrected chi connectivity index (χ0v) is 10.7. The Morgan fingerprint density at radius 1 is 1.40 bits per heavy atom. The number of hydrogen-bond donors (Lipinski definition) is 0. The molecule has 0 unspecified atom stereocenters. The Morgan fingerprint density at radius 2 is 2.20 bits per heavy atom. The highest BCUT2D eigenvalue weighted by Gasteiger charge is 2.29. The molecular weight excluding hydrogens is 204 g/mol. The van der Waals surface area contributed by atoms with Crippen LogP contribution in [0, 0.1) is 11.3 Å². The second-order valence-electron chi connectivity index (χ2n) is 4.37. The van der Waals surface area contributed by atoms with Crippen LogP contribution in [0.5, 0.6) is 0 Å². The highest BCUT2D eigenvalue weighted by Crippen LogP contribution is 2.31. The van der Waals surface area contributed by atoms with Gasteiger partial charge in [0.1, 0.15) is 0 Å². The summed E-state index contributed by atoms with van der Waals surface area (Å²) in [6.45, 7) is 1.16. The van der Waals surface area contributed by atoms with Gasteiger partial charge in [-0.2, -0.15) is 17.0 Å². The first-order valence-corrected chi connectivity index (χ1v) is 7.18. The van der Waals surface area contributed by atoms with E-state index in [9.17, 15) is 0 Å². The Labute approximate surface area is 98.0 Å². The third-order valence-electron chi connectivity index (χ3n) is 3.34. The lowest BCUT2D eigenvalue weighted by Crippen LogP contribution is -2.36. The summed E-state index contributed by atoms with van der Waals surface area (Å²) in [7, 11) is 2.24. The van der Waals surface area contributed by atoms with Gasteiger partial charge in [-0.05, 0) is 45.5 Å². The van der Waals surface area contributed by atoms with Crippen LogP contribution < -0.4 is 0 Å². The molecule has 0 aromatic heterocycles. The first-order chi connectivity index (χ1) is 7.29. The summed E-state index contributed by atoms with van der Waals surface area (Å²) in [5, 5.41) is 9.30. The minimum absolute atomic E-state index is 0.713. The Kier molecular flexibility index (Phi) is 6.12. The lowest BCUT2D eigenvalue weighted by molar-refractivity contribution is 0.245. The molecule has 0 aliphatic heterocycles. The molecule has 1 rings (SSSR count). The summed E-state index contributed by atoms with van der Waals surface area (Å²) in [6, 6.07) is 2.99. The van der Waals surface area contributed by atoms with E-state index in [4.69, 9.17) is 5.26 Å². The summed E-state index contributed by atoms with van der Waals surface area (Å²) >= 11 is 2.02. The molecule has 0 spiro atoms. The van der Waals surface area contributed by atoms with Gasteiger partial charge in [-0.25, -0.2) is 0 Å². The van der Waals surface area contributed by atoms with Crippen molar-refractivity contribution in [2.45, 2.75) is 49.8 Å². The van der Waals surface area contributed by atoms with Crippen LogP contribution in [0.1, 0.15) is 38.5 Å². The van der Waals surface area contributed by atoms with Crippen molar-refractivity contribution in [3.8, 4) is 6.07 Å². The standard InChI is InChI=1S/C12H22N2S/c1-14(10-5-3-4-9-13)11-7-6-8-12(11)15-2/h11-12H,3-8,10H2,1-2H3/t11-,12-/m0/s1. The summed E-state index contributed by atoms with van der Waals surface area (Å²) in [6.07, 6.45) is 9.30. The molecule has 3 heteroatoms. The first-order valence-electron chi connectivity index (χ1n) is 5.89. The molecule has 1 aliphatic carbocycles. The molecule has 0 amide bonds. The number of nitriles is 1. The van der Waals surface area contributed by atoms with E-state index >= 15 is 0 Å². The third kappa shape index (κ3) is 4.04. The SMILES string of the molecule is CS[C@H]1CCC[C@@H]1N(C)CCCCC#N. The fourth-order valence-corrected chi connectivity index (χ4v) is 3.48. The molecule has 15 heavy (non-hydrogen) atoms. The molecule has 0 N–H and O–H groups in total. The van der Waals surface area contributed by atoms with Gasteiger partial charge in [-0.1, -0.05) is 6.42 Å². The van der Waals surface area contributed by atoms with Gasteiger partial charge < -0.3 is 4.90 Å². The largest absolute Gasteiger partial charge is 0.302 e. The van der Waals surface area contributed by atoms with E-state index in [1.807, 2.05) is 11.8 Å². The van der Waals surface area contributed by atoms with Gasteiger partial charge >= 0.3 is 0 Å². The average Bonchev–Trinajstić information content (AvgIpc) is 2.72. The zero-order valence-electron chi connectivity index (χ0n) is 9.91. The minimum atomic E-state index is 0.713. The van der Waals surface area contributed by atoms with E-state index < -0.39 is 0 Å². The normalized spacial score (nSPS) is 25.7. The van der Waals surface area contributed by atoms with Crippen molar-refractivity contribution < 1.29 is 0 Å². The molecule has 0 aromatic rings. The second kappa shape index (κ2) is 7.14. The lowest BCUT2D eigenvalue weighted by atomic mass is 10.2. The first kappa shape index (κ1) is 12.9. The van der Waals surface area contributed by atoms with Crippen molar-refractivity contribution in [1.29, 1.82) is 5.26 Å². The number of rotatable bonds is 6. The van der Waals surface area contributed by atoms with Gasteiger partial charge in [0.05, 0.1) is 6.07 Å². The molecule has 86 valence electrons. The van der Waals surface area contributed by atoms with E-state index in [-0.39, 0.29) is 0 Å². The van der Waals surface area contributed by atoms with Crippen LogP contribution in [0.3, 0.4) is 0 Å². The van der Waals surface area contributed by atoms with Gasteiger partial charge in [0.15, 0.2) is 0 Å². The third-order valence-corrected chi connectivity index (χ3v) is 4.49. The maximum atomic E-state index is 8.46. The van der Waals surface area contributed by atoms with E-state index in [0.717, 1.165) is 24.3 Å². The molecular formula is C12H22N2S. The molecule has 0 aromatic carbocycles. The van der Waals surface area contributed by atoms with Gasteiger partial charge in [0.25, 0.3) is 0 Å². The summed E-state index contributed by atoms with van der Waals surface area (Å²) in [4.78, 5) is 2.51. The van der Waals surface area contributed by atoms with Crippen molar-refractivity contribution in [2.75, 3.05) is 19.8 Å². The molecule has 0 radical (unpaired) electrons. The number of thioether (sulfide) groups is 1. The fraction of sp³-hybridized carbons (Fsp3) is 0.917. The predicted octanol–water partition coefficient (Wildman–Crippen LogP) is 2.90. The summed E-state index contributed by atoms with van der Waals surface area (Å²) in [5.41, 5.74) is 0. The van der Waals surface area contributed by atoms with E-state index in [1.54, 1.807) is 0 Å². The molecule has 0 saturated heterocycles. The van der Waals surface area contributed by atoms with Crippen LogP contribution in [0.25, 0.3) is 0 Å². The number of nitrogens with zero attached hydrogens (tertiary/aromatic N) is 2. The lowest BCUT2D eigenvalue weighted by Gasteiger charge is -2.28. The predicted molar refractivity (Wildman–Crippen MR) is 67.0 cm³/mol. The Hall–Kier alpha value is -0.200. The zero-order chi connectivity index (χ0) is 11.1. The maximum absolute atomic E-state index is 8.46. The molecule has 1 fully saturated rings. The van der Waals surface area contributed by atoms with Crippen molar-refractivity contribution in [3.63, 3.8) is 0 Å². The van der Waals surface area contributed by atoms with E-state index in [0.29, 0.717) is 6.42 Å². The number of hydrogen-bond acceptors (Lipinski definition) is 3. The van der Waals surface area contributed by atoms with Crippen LogP contribution in [0.4, 0.5) is 0 Å². The Bertz CT molecular complexity index is 212. The minimum Gasteiger partial charge on any atom is -0.302 e. The van der Waals surface area contributed by atoms with Crippen molar-refractivity contribution in [3.05, 3.63) is 0 Å². The van der Waals surface area contributed by atoms with Crippen LogP contribution >= 0.6 is 11.8 Å². The fourth-order valence-electron chi connectivity index (χ4n) is 2.42. The van der Waals surface area contributed by atoms with Crippen molar-refractivity contribution in [2.24, 2.45) is 0 Å². The Morgan fingerprint density at radius 3 is 2.87 bits per heavy atom. The quantitative estimate of drug-likeness (QED) is 0.652. The van der Waals surface area contributed by atoms with Gasteiger partial charge in [0, 0.05) is 17.7 Å². The van der Waals surface area contributed by atoms with Crippen LogP contribution in [0.15, 0.2) is 0 Å². The highest BCUT2D eigenvalue weighted by atomic mass is 32.2. The molecule has 1 aliphatic rings. The summed E-state index contributed by atoms with van der Waals surface area (Å²) in [5.74, 6) is 0. The van der Waals surface area contributed by atoms with Gasteiger partial charge in [-0.3, -0.25) is 0 Å². The van der Waals surface area contributed by atoms with Gasteiger partial charge in [-0.15, -0.1) is 0 Å². The van der Waals surface area contributed by atoms with E-state index in [1.165, 1.54) is 25.7 Å². The molecule has 2 nitrogen and oxygen atoms in total.